The normalized spacial score (nSPS) is 13.8. The molecule has 11 rings (SSSR count). The molecule has 6 atom stereocenters. The number of rotatable bonds is 29. The van der Waals surface area contributed by atoms with E-state index in [1.165, 1.54) is 25.3 Å². The second-order valence-corrected chi connectivity index (χ2v) is 65.5. The number of nitrogens with zero attached hydrogens (tertiary/aromatic N) is 13. The van der Waals surface area contributed by atoms with Gasteiger partial charge in [-0.3, -0.25) is 19.1 Å². The van der Waals surface area contributed by atoms with Crippen LogP contribution in [0.3, 0.4) is 0 Å². The van der Waals surface area contributed by atoms with Gasteiger partial charge >= 0.3 is 149 Å². The number of halogens is 12. The molecule has 0 radical (unpaired) electrons. The number of ether oxygens (including phenoxy) is 4. The van der Waals surface area contributed by atoms with Crippen LogP contribution in [0.4, 0.5) is 17.5 Å². The van der Waals surface area contributed by atoms with Gasteiger partial charge < -0.3 is 105 Å². The SMILES string of the molecule is C.CC(C)OC(=O)[C@H](C)N.CCN(C(C)C)C(C)C.C[C@H](Cn1cnc2c(N)ncnc21)OCP(=O)(O)O.C[C@H](Cn1cnc2c(N)ncnc21)OCP(=O)(O)Oc1ccccc1.C[C@H](Cn1cnc2c(N)ncnc21)OCP(=O)(O)Oc1ccccc1.C[Si](C)(C)Oc1ccccc1.ClCCl.I.II.I[I-]I.O=C(O)/C=C/C(=O)O.O=COO.O=S(Cl)Cl.O=S(Cl)Cl.O=S1(=O)CCCC1.O=S1(=O)CCCC1.[H-].[K+]. The van der Waals surface area contributed by atoms with Gasteiger partial charge in [0.25, 0.3) is 0 Å². The molecule has 6 aromatic heterocycles. The van der Waals surface area contributed by atoms with E-state index in [2.05, 4.69) is 226 Å². The fourth-order valence-corrected chi connectivity index (χ4v) is 16.4. The van der Waals surface area contributed by atoms with Crippen molar-refractivity contribution >= 4 is 309 Å². The molecule has 0 amide bonds. The number of para-hydroxylation sites is 3. The van der Waals surface area contributed by atoms with Crippen molar-refractivity contribution in [2.75, 3.05) is 71.1 Å². The van der Waals surface area contributed by atoms with Crippen LogP contribution in [0, 0.1) is 0 Å². The molecule has 66 heteroatoms. The number of aromatic nitrogens is 12. The molecule has 2 unspecified atom stereocenters. The van der Waals surface area contributed by atoms with Crippen LogP contribution in [-0.2, 0) is 114 Å². The van der Waals surface area contributed by atoms with Crippen LogP contribution < -0.4 is 101 Å². The number of esters is 1. The summed E-state index contributed by atoms with van der Waals surface area (Å²) in [5.41, 5.74) is 25.6. The Balaban J connectivity index is -0.000000242. The van der Waals surface area contributed by atoms with Crippen LogP contribution in [0.25, 0.3) is 33.5 Å². The van der Waals surface area contributed by atoms with Gasteiger partial charge in [0.2, 0.25) is 26.8 Å². The molecular weight excluding hydrogens is 2870 g/mol. The maximum Gasteiger partial charge on any atom is 1.00 e. The molecule has 0 aliphatic carbocycles. The number of carboxylic acid groups (broad SMARTS) is 2. The van der Waals surface area contributed by atoms with E-state index in [0.29, 0.717) is 137 Å². The largest absolute Gasteiger partial charge is 1.00 e. The number of imidazole rings is 3. The average Bonchev–Trinajstić information content (AvgIpc) is 1.68. The van der Waals surface area contributed by atoms with Crippen molar-refractivity contribution in [2.24, 2.45) is 5.73 Å². The number of alkyl halides is 2. The van der Waals surface area contributed by atoms with Gasteiger partial charge in [0, 0.05) is 104 Å². The van der Waals surface area contributed by atoms with Crippen LogP contribution >= 0.6 is 187 Å². The summed E-state index contributed by atoms with van der Waals surface area (Å²) in [5.74, 6) is 1.35. The molecule has 0 saturated carbocycles. The molecule has 816 valence electrons. The number of carbonyl (C=O) groups is 4. The number of carbonyl (C=O) groups excluding carboxylic acids is 2. The number of benzene rings is 3. The summed E-state index contributed by atoms with van der Waals surface area (Å²) in [4.78, 5) is 117. The van der Waals surface area contributed by atoms with E-state index >= 15 is 0 Å². The minimum atomic E-state index is -4.16. The van der Waals surface area contributed by atoms with Gasteiger partial charge in [0.05, 0.1) is 91.4 Å². The fraction of sp³-hybridized carbons (Fsp3) is 0.494. The van der Waals surface area contributed by atoms with Gasteiger partial charge in [-0.15, -0.1) is 47.2 Å². The zero-order valence-electron chi connectivity index (χ0n) is 80.6. The first-order valence-electron chi connectivity index (χ1n) is 40.3. The maximum atomic E-state index is 12.1. The maximum absolute atomic E-state index is 12.1. The van der Waals surface area contributed by atoms with Gasteiger partial charge in [-0.25, -0.2) is 94.1 Å². The molecule has 2 fully saturated rings. The van der Waals surface area contributed by atoms with E-state index in [1.54, 1.807) is 129 Å². The molecule has 2 aliphatic rings. The monoisotopic (exact) mass is 3000 g/mol. The topological polar surface area (TPSA) is 675 Å². The predicted octanol–water partition coefficient (Wildman–Crippen LogP) is 11.5. The number of fused-ring (bicyclic) bond motifs is 3. The van der Waals surface area contributed by atoms with E-state index in [1.807, 2.05) is 30.3 Å². The Bertz CT molecular complexity index is 5190. The van der Waals surface area contributed by atoms with Gasteiger partial charge in [0.1, 0.15) is 84.8 Å². The van der Waals surface area contributed by atoms with E-state index in [-0.39, 0.29) is 126 Å². The van der Waals surface area contributed by atoms with Crippen LogP contribution in [0.2, 0.25) is 19.6 Å². The van der Waals surface area contributed by atoms with Crippen molar-refractivity contribution in [3.05, 3.63) is 141 Å². The Morgan fingerprint density at radius 1 is 0.552 bits per heavy atom. The quantitative estimate of drug-likeness (QED) is 0.00198. The van der Waals surface area contributed by atoms with Gasteiger partial charge in [0.15, 0.2) is 47.1 Å². The summed E-state index contributed by atoms with van der Waals surface area (Å²) in [5, 5.41) is 22.8. The van der Waals surface area contributed by atoms with Crippen molar-refractivity contribution in [1.82, 2.24) is 63.5 Å². The summed E-state index contributed by atoms with van der Waals surface area (Å²) in [6, 6.07) is 27.7. The van der Waals surface area contributed by atoms with E-state index in [4.69, 9.17) is 117 Å². The predicted molar refractivity (Wildman–Crippen MR) is 605 cm³/mol. The summed E-state index contributed by atoms with van der Waals surface area (Å²) < 4.78 is 137. The minimum absolute atomic E-state index is 0. The molecular formula is C77H126Cl6I6KN17O28P3S4Si-. The third-order valence-corrected chi connectivity index (χ3v) is 22.4. The average molecular weight is 3000 g/mol. The molecule has 143 heavy (non-hydrogen) atoms. The molecule has 9 aromatic rings. The van der Waals surface area contributed by atoms with Crippen LogP contribution in [0.5, 0.6) is 17.2 Å². The number of anilines is 3. The van der Waals surface area contributed by atoms with E-state index in [9.17, 15) is 54.7 Å². The molecule has 2 aliphatic heterocycles. The van der Waals surface area contributed by atoms with Crippen molar-refractivity contribution in [2.45, 2.75) is 191 Å². The van der Waals surface area contributed by atoms with Gasteiger partial charge in [-0.1, -0.05) is 68.9 Å². The Morgan fingerprint density at radius 2 is 0.811 bits per heavy atom. The van der Waals surface area contributed by atoms with Gasteiger partial charge in [-0.05, 0) is 158 Å². The summed E-state index contributed by atoms with van der Waals surface area (Å²) in [6.45, 7) is 30.4. The van der Waals surface area contributed by atoms with Crippen LogP contribution in [-0.4, -0.2) is 253 Å². The standard InChI is InChI=1S/2C15H18N5O4P.C9H14N5O4P.C9H14OSi.C8H19N.C6H13NO2.C4H4O4.2C4H8O2S.CH2Cl2.CH2O3.CH4.2Cl2OS.I3.I2.HI.K.H/c2*1-11(7-20-9-19-13-14(16)17-8-18-15(13)20)23-10-25(21,22)24-12-5-3-2-4-6-12;1-6(18-5-19(15,16)17)2-14-4-13-7-8(10)11-3-12-9(7)14;1-11(2,3)10-9-7-5-4-6-8-9;1-6-9(7(2)3)8(4)5;1-4(2)9-6(8)5(3)7;5-3(6)1-2-4(7)8;2*5-7(6)3-1-2-4-7;2-1-3;2-1-4-3;;2*1-4(2)3;1-3-2;1-2;;;/h2*2-6,8-9,11H,7,10H2,1H3,(H,21,22)(H2,16,17,18);3-4,6H,2,5H2,1H3,(H2,10,11,12)(H2,15,16,17);4-8H,1-3H3;7-8H,6H2,1-5H3;4-5H,7H2,1-3H3;1-2H,(H,5,6)(H,7,8);2*1-4H2;1H2;1,3H;1H4;;;;;1H;;/q;;;;;;;;;;;;;;-1;;;+1;-1/b;;;;;;2-1+;;;;;;;;;;;;/t2*11-;6-;;;5-;;;;;;;;;;;;;/m111..0............./s1. The smallest absolute Gasteiger partial charge is 1.00 e. The van der Waals surface area contributed by atoms with Crippen molar-refractivity contribution in [3.63, 3.8) is 0 Å². The summed E-state index contributed by atoms with van der Waals surface area (Å²) >= 11 is 19.1. The Morgan fingerprint density at radius 3 is 1.00 bits per heavy atom. The second kappa shape index (κ2) is 87.5. The molecule has 0 bridgehead atoms. The van der Waals surface area contributed by atoms with Gasteiger partial charge in [-0.2, -0.15) is 0 Å². The third-order valence-electron chi connectivity index (χ3n) is 15.5. The molecule has 3 aromatic carbocycles. The Hall–Kier alpha value is -1.81. The summed E-state index contributed by atoms with van der Waals surface area (Å²) in [7, 11) is -3.75. The van der Waals surface area contributed by atoms with E-state index < -0.39 is 112 Å². The number of nitrogens with two attached hydrogens (primary N) is 4. The second-order valence-electron chi connectivity index (χ2n) is 29.3. The number of sulfone groups is 2. The first-order chi connectivity index (χ1) is 65.2. The number of carboxylic acids is 2. The summed E-state index contributed by atoms with van der Waals surface area (Å²) in [6.07, 6.45) is 10.7. The van der Waals surface area contributed by atoms with Crippen molar-refractivity contribution < 1.29 is 197 Å². The van der Waals surface area contributed by atoms with Crippen molar-refractivity contribution in [3.8, 4) is 17.2 Å². The minimum Gasteiger partial charge on any atom is -1.00 e. The number of hydrogen-bond acceptors (Lipinski definition) is 36. The number of hydrogen-bond donors (Lipinski definition) is 11. The first-order valence-corrected chi connectivity index (χ1v) is 78.2. The molecule has 8 heterocycles. The third kappa shape index (κ3) is 84.3. The van der Waals surface area contributed by atoms with Crippen molar-refractivity contribution in [1.29, 1.82) is 0 Å². The van der Waals surface area contributed by atoms with E-state index in [0.717, 1.165) is 38.0 Å². The number of nitrogen functional groups attached to an aromatic ring is 3. The van der Waals surface area contributed by atoms with Crippen LogP contribution in [0.15, 0.2) is 141 Å². The Labute approximate surface area is 981 Å². The zero-order chi connectivity index (χ0) is 108. The molecule has 45 nitrogen and oxygen atoms in total. The first kappa shape index (κ1) is 154. The molecule has 2 saturated heterocycles. The Kier molecular flexibility index (Phi) is 94.3. The number of aliphatic carboxylic acids is 2. The molecule has 15 N–H and O–H groups in total. The molecule has 0 spiro atoms. The zero-order valence-corrected chi connectivity index (χ0v) is 107. The van der Waals surface area contributed by atoms with Crippen LogP contribution in [0.1, 0.15) is 111 Å². The fourth-order valence-electron chi connectivity index (χ4n) is 10.2.